The number of amides is 1. The molecule has 0 saturated carbocycles. The molecule has 5 heteroatoms. The SMILES string of the molecule is CC(Oc1cccc2ccccc12)C(=O)NC(C)c1nc2ccccc2o1. The van der Waals surface area contributed by atoms with Crippen LogP contribution < -0.4 is 10.1 Å². The Morgan fingerprint density at radius 2 is 1.74 bits per heavy atom. The Balaban J connectivity index is 1.47. The summed E-state index contributed by atoms with van der Waals surface area (Å²) in [5.74, 6) is 0.935. The smallest absolute Gasteiger partial charge is 0.261 e. The number of hydrogen-bond donors (Lipinski definition) is 1. The number of nitrogens with one attached hydrogen (secondary N) is 1. The monoisotopic (exact) mass is 360 g/mol. The number of para-hydroxylation sites is 2. The molecule has 4 aromatic rings. The van der Waals surface area contributed by atoms with Gasteiger partial charge in [0.15, 0.2) is 11.7 Å². The minimum absolute atomic E-state index is 0.224. The molecule has 1 amide bonds. The second-order valence-electron chi connectivity index (χ2n) is 6.49. The Morgan fingerprint density at radius 1 is 1.00 bits per heavy atom. The van der Waals surface area contributed by atoms with Crippen molar-refractivity contribution < 1.29 is 13.9 Å². The number of fused-ring (bicyclic) bond motifs is 2. The molecular formula is C22H20N2O3. The van der Waals surface area contributed by atoms with Gasteiger partial charge in [-0.15, -0.1) is 0 Å². The van der Waals surface area contributed by atoms with E-state index in [-0.39, 0.29) is 11.9 Å². The highest BCUT2D eigenvalue weighted by Gasteiger charge is 2.21. The molecule has 0 bridgehead atoms. The Labute approximate surface area is 157 Å². The quantitative estimate of drug-likeness (QED) is 0.564. The molecule has 3 aromatic carbocycles. The summed E-state index contributed by atoms with van der Waals surface area (Å²) in [7, 11) is 0. The topological polar surface area (TPSA) is 64.4 Å². The van der Waals surface area contributed by atoms with Crippen molar-refractivity contribution >= 4 is 27.8 Å². The van der Waals surface area contributed by atoms with Crippen molar-refractivity contribution in [1.82, 2.24) is 10.3 Å². The average Bonchev–Trinajstić information content (AvgIpc) is 3.12. The van der Waals surface area contributed by atoms with E-state index in [1.165, 1.54) is 0 Å². The summed E-state index contributed by atoms with van der Waals surface area (Å²) >= 11 is 0. The van der Waals surface area contributed by atoms with Gasteiger partial charge in [0, 0.05) is 5.39 Å². The second-order valence-corrected chi connectivity index (χ2v) is 6.49. The number of carbonyl (C=O) groups is 1. The van der Waals surface area contributed by atoms with Crippen LogP contribution in [0.15, 0.2) is 71.1 Å². The van der Waals surface area contributed by atoms with Crippen molar-refractivity contribution in [3.63, 3.8) is 0 Å². The van der Waals surface area contributed by atoms with Crippen molar-refractivity contribution in [3.8, 4) is 5.75 Å². The molecule has 136 valence electrons. The number of nitrogens with zero attached hydrogens (tertiary/aromatic N) is 1. The minimum Gasteiger partial charge on any atom is -0.480 e. The molecular weight excluding hydrogens is 340 g/mol. The Bertz CT molecular complexity index is 1060. The first-order valence-corrected chi connectivity index (χ1v) is 8.92. The second kappa shape index (κ2) is 7.11. The lowest BCUT2D eigenvalue weighted by molar-refractivity contribution is -0.128. The van der Waals surface area contributed by atoms with E-state index in [9.17, 15) is 4.79 Å². The van der Waals surface area contributed by atoms with Crippen LogP contribution in [0, 0.1) is 0 Å². The van der Waals surface area contributed by atoms with Gasteiger partial charge in [-0.1, -0.05) is 48.5 Å². The molecule has 1 N–H and O–H groups in total. The van der Waals surface area contributed by atoms with E-state index in [4.69, 9.17) is 9.15 Å². The van der Waals surface area contributed by atoms with E-state index in [0.717, 1.165) is 16.3 Å². The molecule has 5 nitrogen and oxygen atoms in total. The molecule has 0 aliphatic carbocycles. The molecule has 27 heavy (non-hydrogen) atoms. The third kappa shape index (κ3) is 3.49. The van der Waals surface area contributed by atoms with Crippen LogP contribution in [-0.4, -0.2) is 17.0 Å². The summed E-state index contributed by atoms with van der Waals surface area (Å²) in [6.07, 6.45) is -0.650. The van der Waals surface area contributed by atoms with Gasteiger partial charge < -0.3 is 14.5 Å². The lowest BCUT2D eigenvalue weighted by Gasteiger charge is -2.18. The van der Waals surface area contributed by atoms with Crippen LogP contribution in [0.4, 0.5) is 0 Å². The third-order valence-electron chi connectivity index (χ3n) is 4.46. The maximum absolute atomic E-state index is 12.6. The largest absolute Gasteiger partial charge is 0.480 e. The van der Waals surface area contributed by atoms with Gasteiger partial charge >= 0.3 is 0 Å². The van der Waals surface area contributed by atoms with Gasteiger partial charge in [-0.05, 0) is 37.4 Å². The highest BCUT2D eigenvalue weighted by atomic mass is 16.5. The molecule has 2 unspecified atom stereocenters. The molecule has 0 spiro atoms. The molecule has 1 aromatic heterocycles. The van der Waals surface area contributed by atoms with Crippen LogP contribution in [-0.2, 0) is 4.79 Å². The molecule has 0 radical (unpaired) electrons. The van der Waals surface area contributed by atoms with Crippen molar-refractivity contribution in [2.75, 3.05) is 0 Å². The first-order valence-electron chi connectivity index (χ1n) is 8.92. The van der Waals surface area contributed by atoms with Gasteiger partial charge in [0.1, 0.15) is 17.3 Å². The lowest BCUT2D eigenvalue weighted by Crippen LogP contribution is -2.37. The summed E-state index contributed by atoms with van der Waals surface area (Å²) in [6, 6.07) is 20.9. The van der Waals surface area contributed by atoms with Crippen LogP contribution in [0.1, 0.15) is 25.8 Å². The van der Waals surface area contributed by atoms with Crippen molar-refractivity contribution in [2.45, 2.75) is 26.0 Å². The number of benzene rings is 3. The summed E-state index contributed by atoms with van der Waals surface area (Å²) in [6.45, 7) is 3.57. The predicted molar refractivity (Wildman–Crippen MR) is 105 cm³/mol. The Kier molecular flexibility index (Phi) is 4.50. The average molecular weight is 360 g/mol. The Hall–Kier alpha value is -3.34. The van der Waals surface area contributed by atoms with E-state index >= 15 is 0 Å². The van der Waals surface area contributed by atoms with Crippen LogP contribution >= 0.6 is 0 Å². The fourth-order valence-corrected chi connectivity index (χ4v) is 3.01. The van der Waals surface area contributed by atoms with E-state index < -0.39 is 6.10 Å². The first kappa shape index (κ1) is 17.1. The van der Waals surface area contributed by atoms with E-state index in [0.29, 0.717) is 17.2 Å². The van der Waals surface area contributed by atoms with Crippen LogP contribution in [0.25, 0.3) is 21.9 Å². The van der Waals surface area contributed by atoms with Crippen LogP contribution in [0.2, 0.25) is 0 Å². The zero-order chi connectivity index (χ0) is 18.8. The summed E-state index contributed by atoms with van der Waals surface area (Å²) < 4.78 is 11.6. The van der Waals surface area contributed by atoms with Crippen molar-refractivity contribution in [2.24, 2.45) is 0 Å². The third-order valence-corrected chi connectivity index (χ3v) is 4.46. The van der Waals surface area contributed by atoms with Gasteiger partial charge in [-0.25, -0.2) is 4.98 Å². The first-order chi connectivity index (χ1) is 13.1. The molecule has 2 atom stereocenters. The highest BCUT2D eigenvalue weighted by molar-refractivity contribution is 5.89. The van der Waals surface area contributed by atoms with Gasteiger partial charge in [0.25, 0.3) is 5.91 Å². The molecule has 1 heterocycles. The molecule has 4 rings (SSSR count). The number of ether oxygens (including phenoxy) is 1. The predicted octanol–water partition coefficient (Wildman–Crippen LogP) is 4.63. The van der Waals surface area contributed by atoms with Gasteiger partial charge in [-0.2, -0.15) is 0 Å². The molecule has 0 saturated heterocycles. The fraction of sp³-hybridized carbons (Fsp3) is 0.182. The fourth-order valence-electron chi connectivity index (χ4n) is 3.01. The van der Waals surface area contributed by atoms with E-state index in [1.54, 1.807) is 6.92 Å². The standard InChI is InChI=1S/C22H20N2O3/c1-14(22-24-18-11-5-6-12-20(18)27-22)23-21(25)15(2)26-19-13-7-9-16-8-3-4-10-17(16)19/h3-15H,1-2H3,(H,23,25). The summed E-state index contributed by atoms with van der Waals surface area (Å²) in [4.78, 5) is 17.0. The van der Waals surface area contributed by atoms with Gasteiger partial charge in [-0.3, -0.25) is 4.79 Å². The lowest BCUT2D eigenvalue weighted by atomic mass is 10.1. The van der Waals surface area contributed by atoms with Crippen LogP contribution in [0.5, 0.6) is 5.75 Å². The van der Waals surface area contributed by atoms with E-state index in [1.807, 2.05) is 73.7 Å². The summed E-state index contributed by atoms with van der Waals surface area (Å²) in [5, 5.41) is 4.96. The van der Waals surface area contributed by atoms with Crippen LogP contribution in [0.3, 0.4) is 0 Å². The number of aromatic nitrogens is 1. The van der Waals surface area contributed by atoms with Crippen molar-refractivity contribution in [1.29, 1.82) is 0 Å². The normalized spacial score (nSPS) is 13.4. The Morgan fingerprint density at radius 3 is 2.59 bits per heavy atom. The molecule has 0 aliphatic rings. The highest BCUT2D eigenvalue weighted by Crippen LogP contribution is 2.26. The maximum Gasteiger partial charge on any atom is 0.261 e. The van der Waals surface area contributed by atoms with Gasteiger partial charge in [0.2, 0.25) is 5.89 Å². The number of rotatable bonds is 5. The zero-order valence-corrected chi connectivity index (χ0v) is 15.2. The maximum atomic E-state index is 12.6. The number of carbonyl (C=O) groups excluding carboxylic acids is 1. The molecule has 0 aliphatic heterocycles. The number of hydrogen-bond acceptors (Lipinski definition) is 4. The molecule has 0 fully saturated rings. The number of oxazole rings is 1. The zero-order valence-electron chi connectivity index (χ0n) is 15.2. The van der Waals surface area contributed by atoms with E-state index in [2.05, 4.69) is 10.3 Å². The van der Waals surface area contributed by atoms with Gasteiger partial charge in [0.05, 0.1) is 0 Å². The van der Waals surface area contributed by atoms with Crippen molar-refractivity contribution in [3.05, 3.63) is 72.6 Å². The minimum atomic E-state index is -0.650. The summed E-state index contributed by atoms with van der Waals surface area (Å²) in [5.41, 5.74) is 1.47.